The van der Waals surface area contributed by atoms with Crippen molar-refractivity contribution in [2.45, 2.75) is 57.6 Å². The number of nitrogens with zero attached hydrogens (tertiary/aromatic N) is 1. The minimum atomic E-state index is -0.840. The molecule has 0 aromatic rings. The maximum atomic E-state index is 12.3. The minimum absolute atomic E-state index is 0.0302. The van der Waals surface area contributed by atoms with Crippen molar-refractivity contribution in [3.05, 3.63) is 0 Å². The van der Waals surface area contributed by atoms with Crippen molar-refractivity contribution < 1.29 is 19.4 Å². The highest BCUT2D eigenvalue weighted by atomic mass is 16.5. The van der Waals surface area contributed by atoms with Crippen molar-refractivity contribution in [1.82, 2.24) is 4.90 Å². The zero-order valence-electron chi connectivity index (χ0n) is 11.5. The smallest absolute Gasteiger partial charge is 0.308 e. The summed E-state index contributed by atoms with van der Waals surface area (Å²) in [6, 6.07) is 0.262. The molecule has 1 amide bonds. The second-order valence-corrected chi connectivity index (χ2v) is 5.71. The third-order valence-corrected chi connectivity index (χ3v) is 3.88. The van der Waals surface area contributed by atoms with Gasteiger partial charge < -0.3 is 14.7 Å². The lowest BCUT2D eigenvalue weighted by molar-refractivity contribution is -0.144. The van der Waals surface area contributed by atoms with E-state index in [0.717, 1.165) is 38.7 Å². The summed E-state index contributed by atoms with van der Waals surface area (Å²) in [7, 11) is 0. The van der Waals surface area contributed by atoms with E-state index in [0.29, 0.717) is 13.0 Å². The van der Waals surface area contributed by atoms with Gasteiger partial charge in [-0.15, -0.1) is 0 Å². The quantitative estimate of drug-likeness (QED) is 0.796. The number of carbonyl (C=O) groups is 2. The standard InChI is InChI=1S/C14H23NO4/c1-10(14(17)18)9-15(11-5-6-11)13(16)8-12-4-2-3-7-19-12/h10-12H,2-9H2,1H3,(H,17,18). The fourth-order valence-electron chi connectivity index (χ4n) is 2.49. The maximum Gasteiger partial charge on any atom is 0.308 e. The van der Waals surface area contributed by atoms with Crippen LogP contribution in [0.2, 0.25) is 0 Å². The average molecular weight is 269 g/mol. The number of rotatable bonds is 6. The molecule has 108 valence electrons. The molecule has 5 heteroatoms. The van der Waals surface area contributed by atoms with E-state index in [9.17, 15) is 9.59 Å². The summed E-state index contributed by atoms with van der Waals surface area (Å²) in [4.78, 5) is 25.0. The molecular weight excluding hydrogens is 246 g/mol. The van der Waals surface area contributed by atoms with Crippen LogP contribution in [0.25, 0.3) is 0 Å². The molecule has 0 bridgehead atoms. The van der Waals surface area contributed by atoms with E-state index >= 15 is 0 Å². The molecule has 1 saturated heterocycles. The van der Waals surface area contributed by atoms with Crippen LogP contribution in [-0.2, 0) is 14.3 Å². The summed E-state index contributed by atoms with van der Waals surface area (Å²) in [6.45, 7) is 2.72. The van der Waals surface area contributed by atoms with Crippen LogP contribution < -0.4 is 0 Å². The molecule has 19 heavy (non-hydrogen) atoms. The third kappa shape index (κ3) is 4.20. The summed E-state index contributed by atoms with van der Waals surface area (Å²) in [5.41, 5.74) is 0. The predicted octanol–water partition coefficient (Wildman–Crippen LogP) is 1.66. The Morgan fingerprint density at radius 1 is 1.32 bits per heavy atom. The van der Waals surface area contributed by atoms with Crippen LogP contribution in [0.4, 0.5) is 0 Å². The first-order chi connectivity index (χ1) is 9.08. The molecule has 2 rings (SSSR count). The molecule has 1 saturated carbocycles. The zero-order valence-corrected chi connectivity index (χ0v) is 11.5. The molecule has 1 aliphatic heterocycles. The lowest BCUT2D eigenvalue weighted by Crippen LogP contribution is -2.40. The predicted molar refractivity (Wildman–Crippen MR) is 69.7 cm³/mol. The fraction of sp³-hybridized carbons (Fsp3) is 0.857. The molecule has 0 radical (unpaired) electrons. The highest BCUT2D eigenvalue weighted by molar-refractivity contribution is 5.78. The molecular formula is C14H23NO4. The first kappa shape index (κ1) is 14.3. The van der Waals surface area contributed by atoms with Gasteiger partial charge in [0.25, 0.3) is 0 Å². The van der Waals surface area contributed by atoms with Crippen LogP contribution >= 0.6 is 0 Å². The van der Waals surface area contributed by atoms with Crippen molar-refractivity contribution in [3.63, 3.8) is 0 Å². The van der Waals surface area contributed by atoms with Gasteiger partial charge in [-0.25, -0.2) is 0 Å². The SMILES string of the molecule is CC(CN(C(=O)CC1CCCCO1)C1CC1)C(=O)O. The van der Waals surface area contributed by atoms with Crippen LogP contribution in [0.15, 0.2) is 0 Å². The van der Waals surface area contributed by atoms with Gasteiger partial charge in [-0.3, -0.25) is 9.59 Å². The highest BCUT2D eigenvalue weighted by Gasteiger charge is 2.35. The normalized spacial score (nSPS) is 24.8. The van der Waals surface area contributed by atoms with E-state index in [1.54, 1.807) is 11.8 Å². The Morgan fingerprint density at radius 3 is 2.58 bits per heavy atom. The topological polar surface area (TPSA) is 66.8 Å². The summed E-state index contributed by atoms with van der Waals surface area (Å²) in [5.74, 6) is -1.29. The molecule has 1 aliphatic carbocycles. The van der Waals surface area contributed by atoms with E-state index in [2.05, 4.69) is 0 Å². The van der Waals surface area contributed by atoms with Gasteiger partial charge in [-0.2, -0.15) is 0 Å². The Bertz CT molecular complexity index is 334. The number of carbonyl (C=O) groups excluding carboxylic acids is 1. The van der Waals surface area contributed by atoms with Crippen molar-refractivity contribution in [2.75, 3.05) is 13.2 Å². The minimum Gasteiger partial charge on any atom is -0.481 e. The van der Waals surface area contributed by atoms with E-state index < -0.39 is 11.9 Å². The Kier molecular flexibility index (Phi) is 4.80. The van der Waals surface area contributed by atoms with Gasteiger partial charge in [0.2, 0.25) is 5.91 Å². The summed E-state index contributed by atoms with van der Waals surface area (Å²) < 4.78 is 5.59. The largest absolute Gasteiger partial charge is 0.481 e. The first-order valence-corrected chi connectivity index (χ1v) is 7.22. The summed E-state index contributed by atoms with van der Waals surface area (Å²) >= 11 is 0. The molecule has 2 unspecified atom stereocenters. The number of ether oxygens (including phenoxy) is 1. The van der Waals surface area contributed by atoms with E-state index in [-0.39, 0.29) is 18.1 Å². The summed E-state index contributed by atoms with van der Waals surface area (Å²) in [5, 5.41) is 8.97. The van der Waals surface area contributed by atoms with Crippen molar-refractivity contribution in [1.29, 1.82) is 0 Å². The van der Waals surface area contributed by atoms with Gasteiger partial charge in [0.05, 0.1) is 18.4 Å². The monoisotopic (exact) mass is 269 g/mol. The van der Waals surface area contributed by atoms with Gasteiger partial charge in [-0.1, -0.05) is 6.92 Å². The van der Waals surface area contributed by atoms with Gasteiger partial charge in [0, 0.05) is 19.2 Å². The Labute approximate surface area is 113 Å². The number of aliphatic carboxylic acids is 1. The Hall–Kier alpha value is -1.10. The van der Waals surface area contributed by atoms with Crippen LogP contribution in [0.1, 0.15) is 45.4 Å². The van der Waals surface area contributed by atoms with Crippen LogP contribution in [0, 0.1) is 5.92 Å². The molecule has 2 fully saturated rings. The molecule has 0 aromatic carbocycles. The molecule has 2 aliphatic rings. The van der Waals surface area contributed by atoms with E-state index in [1.807, 2.05) is 0 Å². The van der Waals surface area contributed by atoms with Gasteiger partial charge in [0.1, 0.15) is 0 Å². The average Bonchev–Trinajstić information content (AvgIpc) is 3.20. The van der Waals surface area contributed by atoms with Gasteiger partial charge >= 0.3 is 5.97 Å². The van der Waals surface area contributed by atoms with Crippen LogP contribution in [0.3, 0.4) is 0 Å². The second-order valence-electron chi connectivity index (χ2n) is 5.71. The lowest BCUT2D eigenvalue weighted by Gasteiger charge is -2.28. The number of hydrogen-bond donors (Lipinski definition) is 1. The maximum absolute atomic E-state index is 12.3. The molecule has 1 N–H and O–H groups in total. The van der Waals surface area contributed by atoms with Crippen molar-refractivity contribution in [3.8, 4) is 0 Å². The van der Waals surface area contributed by atoms with Crippen molar-refractivity contribution in [2.24, 2.45) is 5.92 Å². The third-order valence-electron chi connectivity index (χ3n) is 3.88. The van der Waals surface area contributed by atoms with E-state index in [1.165, 1.54) is 0 Å². The number of carboxylic acid groups (broad SMARTS) is 1. The number of amides is 1. The Balaban J connectivity index is 1.86. The highest BCUT2D eigenvalue weighted by Crippen LogP contribution is 2.29. The van der Waals surface area contributed by atoms with Crippen molar-refractivity contribution >= 4 is 11.9 Å². The summed E-state index contributed by atoms with van der Waals surface area (Å²) in [6.07, 6.45) is 5.58. The van der Waals surface area contributed by atoms with Crippen LogP contribution in [0.5, 0.6) is 0 Å². The molecule has 0 spiro atoms. The van der Waals surface area contributed by atoms with E-state index in [4.69, 9.17) is 9.84 Å². The molecule has 1 heterocycles. The Morgan fingerprint density at radius 2 is 2.05 bits per heavy atom. The molecule has 2 atom stereocenters. The fourth-order valence-corrected chi connectivity index (χ4v) is 2.49. The second kappa shape index (κ2) is 6.37. The number of hydrogen-bond acceptors (Lipinski definition) is 3. The van der Waals surface area contributed by atoms with Gasteiger partial charge in [-0.05, 0) is 32.1 Å². The van der Waals surface area contributed by atoms with Gasteiger partial charge in [0.15, 0.2) is 0 Å². The number of carboxylic acids is 1. The molecule has 5 nitrogen and oxygen atoms in total. The van der Waals surface area contributed by atoms with Crippen LogP contribution in [-0.4, -0.2) is 47.2 Å². The zero-order chi connectivity index (χ0) is 13.8. The lowest BCUT2D eigenvalue weighted by atomic mass is 10.1. The first-order valence-electron chi connectivity index (χ1n) is 7.22. The molecule has 0 aromatic heterocycles.